The molecule has 0 aliphatic rings. The standard InChI is InChI=1S/C20H31N5O2.HI/c1-15(14-25-17(3)12-16(2)24-25)13-23-20(21-4)22-10-11-27-19-8-6-18(26-5)7-9-19;/h6-9,12,15H,10-11,13-14H2,1-5H3,(H2,21,22,23);1H. The van der Waals surface area contributed by atoms with Crippen LogP contribution in [0.5, 0.6) is 11.5 Å². The highest BCUT2D eigenvalue weighted by Crippen LogP contribution is 2.16. The van der Waals surface area contributed by atoms with Crippen LogP contribution in [0.25, 0.3) is 0 Å². The summed E-state index contributed by atoms with van der Waals surface area (Å²) in [7, 11) is 3.42. The van der Waals surface area contributed by atoms with Crippen LogP contribution in [0.1, 0.15) is 18.3 Å². The number of guanidine groups is 1. The fourth-order valence-electron chi connectivity index (χ4n) is 2.72. The van der Waals surface area contributed by atoms with Crippen molar-refractivity contribution in [3.63, 3.8) is 0 Å². The molecular weight excluding hydrogens is 469 g/mol. The van der Waals surface area contributed by atoms with Gasteiger partial charge < -0.3 is 20.1 Å². The number of benzene rings is 1. The second-order valence-electron chi connectivity index (χ2n) is 6.62. The highest BCUT2D eigenvalue weighted by atomic mass is 127. The molecule has 0 saturated heterocycles. The normalized spacial score (nSPS) is 12.1. The summed E-state index contributed by atoms with van der Waals surface area (Å²) < 4.78 is 12.9. The van der Waals surface area contributed by atoms with Gasteiger partial charge in [0.2, 0.25) is 0 Å². The molecule has 2 N–H and O–H groups in total. The number of hydrogen-bond acceptors (Lipinski definition) is 4. The van der Waals surface area contributed by atoms with E-state index in [0.29, 0.717) is 19.1 Å². The highest BCUT2D eigenvalue weighted by molar-refractivity contribution is 14.0. The Kier molecular flexibility index (Phi) is 10.7. The SMILES string of the molecule is CN=C(NCCOc1ccc(OC)cc1)NCC(C)Cn1nc(C)cc1C.I. The molecule has 1 heterocycles. The summed E-state index contributed by atoms with van der Waals surface area (Å²) in [5.74, 6) is 2.84. The van der Waals surface area contributed by atoms with Crippen molar-refractivity contribution in [3.05, 3.63) is 41.7 Å². The van der Waals surface area contributed by atoms with E-state index in [2.05, 4.69) is 45.3 Å². The minimum atomic E-state index is 0. The van der Waals surface area contributed by atoms with E-state index in [9.17, 15) is 0 Å². The maximum Gasteiger partial charge on any atom is 0.191 e. The lowest BCUT2D eigenvalue weighted by Crippen LogP contribution is -2.41. The number of aromatic nitrogens is 2. The van der Waals surface area contributed by atoms with E-state index in [-0.39, 0.29) is 24.0 Å². The molecule has 28 heavy (non-hydrogen) atoms. The second-order valence-corrected chi connectivity index (χ2v) is 6.62. The first kappa shape index (κ1) is 24.1. The lowest BCUT2D eigenvalue weighted by atomic mass is 10.2. The Hall–Kier alpha value is -1.97. The third-order valence-electron chi connectivity index (χ3n) is 4.15. The van der Waals surface area contributed by atoms with Crippen LogP contribution >= 0.6 is 24.0 Å². The fraction of sp³-hybridized carbons (Fsp3) is 0.500. The van der Waals surface area contributed by atoms with Crippen molar-refractivity contribution in [1.82, 2.24) is 20.4 Å². The van der Waals surface area contributed by atoms with E-state index >= 15 is 0 Å². The van der Waals surface area contributed by atoms with E-state index in [1.807, 2.05) is 31.2 Å². The quantitative estimate of drug-likeness (QED) is 0.239. The molecule has 0 saturated carbocycles. The van der Waals surface area contributed by atoms with Crippen molar-refractivity contribution in [1.29, 1.82) is 0 Å². The molecule has 0 amide bonds. The number of aliphatic imine (C=N–C) groups is 1. The van der Waals surface area contributed by atoms with Crippen LogP contribution in [0.15, 0.2) is 35.3 Å². The molecule has 1 atom stereocenters. The Morgan fingerprint density at radius 2 is 1.86 bits per heavy atom. The van der Waals surface area contributed by atoms with Gasteiger partial charge in [-0.1, -0.05) is 6.92 Å². The zero-order chi connectivity index (χ0) is 19.6. The summed E-state index contributed by atoms with van der Waals surface area (Å²) >= 11 is 0. The number of nitrogens with one attached hydrogen (secondary N) is 2. The first-order valence-corrected chi connectivity index (χ1v) is 9.24. The average molecular weight is 501 g/mol. The van der Waals surface area contributed by atoms with E-state index in [1.54, 1.807) is 14.2 Å². The van der Waals surface area contributed by atoms with Crippen LogP contribution in [0, 0.1) is 19.8 Å². The Morgan fingerprint density at radius 3 is 2.43 bits per heavy atom. The average Bonchev–Trinajstić information content (AvgIpc) is 2.98. The molecule has 0 radical (unpaired) electrons. The number of nitrogens with zero attached hydrogens (tertiary/aromatic N) is 3. The molecule has 0 fully saturated rings. The molecule has 0 aliphatic heterocycles. The summed E-state index contributed by atoms with van der Waals surface area (Å²) in [5, 5.41) is 11.1. The zero-order valence-corrected chi connectivity index (χ0v) is 19.7. The molecule has 2 aromatic rings. The molecule has 7 nitrogen and oxygen atoms in total. The smallest absolute Gasteiger partial charge is 0.191 e. The topological polar surface area (TPSA) is 72.7 Å². The number of methoxy groups -OCH3 is 1. The highest BCUT2D eigenvalue weighted by Gasteiger charge is 2.08. The molecule has 0 aliphatic carbocycles. The van der Waals surface area contributed by atoms with E-state index < -0.39 is 0 Å². The summed E-state index contributed by atoms with van der Waals surface area (Å²) in [6.07, 6.45) is 0. The van der Waals surface area contributed by atoms with Crippen molar-refractivity contribution < 1.29 is 9.47 Å². The summed E-state index contributed by atoms with van der Waals surface area (Å²) in [5.41, 5.74) is 2.25. The van der Waals surface area contributed by atoms with Gasteiger partial charge in [0.1, 0.15) is 18.1 Å². The molecule has 1 unspecified atom stereocenters. The number of ether oxygens (including phenoxy) is 2. The van der Waals surface area contributed by atoms with Gasteiger partial charge >= 0.3 is 0 Å². The lowest BCUT2D eigenvalue weighted by Gasteiger charge is -2.17. The van der Waals surface area contributed by atoms with Crippen molar-refractivity contribution in [2.24, 2.45) is 10.9 Å². The van der Waals surface area contributed by atoms with Crippen molar-refractivity contribution >= 4 is 29.9 Å². The molecule has 1 aromatic heterocycles. The Morgan fingerprint density at radius 1 is 1.18 bits per heavy atom. The van der Waals surface area contributed by atoms with Crippen molar-refractivity contribution in [2.75, 3.05) is 33.9 Å². The minimum Gasteiger partial charge on any atom is -0.497 e. The molecular formula is C20H32IN5O2. The fourth-order valence-corrected chi connectivity index (χ4v) is 2.72. The van der Waals surface area contributed by atoms with Gasteiger partial charge in [-0.3, -0.25) is 9.67 Å². The minimum absolute atomic E-state index is 0. The lowest BCUT2D eigenvalue weighted by molar-refractivity contribution is 0.320. The number of halogens is 1. The van der Waals surface area contributed by atoms with E-state index in [4.69, 9.17) is 9.47 Å². The molecule has 0 bridgehead atoms. The largest absolute Gasteiger partial charge is 0.497 e. The van der Waals surface area contributed by atoms with Gasteiger partial charge in [0.05, 0.1) is 19.3 Å². The van der Waals surface area contributed by atoms with Crippen LogP contribution in [0.3, 0.4) is 0 Å². The first-order valence-electron chi connectivity index (χ1n) is 9.24. The molecule has 0 spiro atoms. The summed E-state index contributed by atoms with van der Waals surface area (Å²) in [6.45, 7) is 9.21. The summed E-state index contributed by atoms with van der Waals surface area (Å²) in [4.78, 5) is 4.26. The first-order chi connectivity index (χ1) is 13.0. The zero-order valence-electron chi connectivity index (χ0n) is 17.4. The Balaban J connectivity index is 0.00000392. The van der Waals surface area contributed by atoms with Gasteiger partial charge in [-0.15, -0.1) is 24.0 Å². The monoisotopic (exact) mass is 501 g/mol. The van der Waals surface area contributed by atoms with E-state index in [1.165, 1.54) is 5.69 Å². The molecule has 2 rings (SSSR count). The predicted molar refractivity (Wildman–Crippen MR) is 124 cm³/mol. The predicted octanol–water partition coefficient (Wildman–Crippen LogP) is 3.01. The van der Waals surface area contributed by atoms with Crippen LogP contribution < -0.4 is 20.1 Å². The molecule has 8 heteroatoms. The summed E-state index contributed by atoms with van der Waals surface area (Å²) in [6, 6.07) is 9.66. The van der Waals surface area contributed by atoms with Gasteiger partial charge in [0.15, 0.2) is 5.96 Å². The van der Waals surface area contributed by atoms with Crippen LogP contribution in [0.2, 0.25) is 0 Å². The van der Waals surface area contributed by atoms with Gasteiger partial charge in [0, 0.05) is 25.8 Å². The van der Waals surface area contributed by atoms with Crippen LogP contribution in [0.4, 0.5) is 0 Å². The number of aryl methyl sites for hydroxylation is 2. The van der Waals surface area contributed by atoms with Crippen LogP contribution in [-0.4, -0.2) is 49.6 Å². The molecule has 156 valence electrons. The van der Waals surface area contributed by atoms with Crippen LogP contribution in [-0.2, 0) is 6.54 Å². The van der Waals surface area contributed by atoms with E-state index in [0.717, 1.165) is 36.2 Å². The Labute approximate surface area is 184 Å². The van der Waals surface area contributed by atoms with Gasteiger partial charge in [-0.25, -0.2) is 0 Å². The van der Waals surface area contributed by atoms with Crippen molar-refractivity contribution in [2.45, 2.75) is 27.3 Å². The third kappa shape index (κ3) is 7.95. The number of hydrogen-bond donors (Lipinski definition) is 2. The Bertz CT molecular complexity index is 731. The second kappa shape index (κ2) is 12.5. The van der Waals surface area contributed by atoms with Gasteiger partial charge in [-0.05, 0) is 50.1 Å². The maximum atomic E-state index is 5.71. The maximum absolute atomic E-state index is 5.71. The molecule has 1 aromatic carbocycles. The third-order valence-corrected chi connectivity index (χ3v) is 4.15. The van der Waals surface area contributed by atoms with Gasteiger partial charge in [-0.2, -0.15) is 5.10 Å². The van der Waals surface area contributed by atoms with Gasteiger partial charge in [0.25, 0.3) is 0 Å². The number of rotatable bonds is 9. The van der Waals surface area contributed by atoms with Crippen molar-refractivity contribution in [3.8, 4) is 11.5 Å².